The number of hydrogen-bond acceptors (Lipinski definition) is 5. The summed E-state index contributed by atoms with van der Waals surface area (Å²) in [5.41, 5.74) is 1.62. The molecule has 122 valence electrons. The van der Waals surface area contributed by atoms with Gasteiger partial charge < -0.3 is 15.0 Å². The maximum absolute atomic E-state index is 12.0. The Morgan fingerprint density at radius 1 is 1.39 bits per heavy atom. The zero-order valence-electron chi connectivity index (χ0n) is 12.3. The van der Waals surface area contributed by atoms with Crippen LogP contribution in [0, 0.1) is 0 Å². The number of aliphatic hydroxyl groups is 1. The van der Waals surface area contributed by atoms with Gasteiger partial charge >= 0.3 is 0 Å². The molecule has 2 heterocycles. The Balaban J connectivity index is 1.66. The van der Waals surface area contributed by atoms with E-state index in [1.54, 1.807) is 4.57 Å². The molecule has 0 aliphatic carbocycles. The molecule has 1 atom stereocenters. The number of imidazole rings is 1. The molecular weight excluding hydrogens is 318 g/mol. The molecule has 1 amide bonds. The first-order valence-corrected chi connectivity index (χ1v) is 8.95. The van der Waals surface area contributed by atoms with Gasteiger partial charge in [-0.3, -0.25) is 4.79 Å². The quantitative estimate of drug-likeness (QED) is 0.821. The van der Waals surface area contributed by atoms with Crippen molar-refractivity contribution in [1.82, 2.24) is 14.9 Å². The van der Waals surface area contributed by atoms with E-state index in [4.69, 9.17) is 0 Å². The van der Waals surface area contributed by atoms with Gasteiger partial charge in [-0.05, 0) is 18.2 Å². The molecule has 1 aromatic heterocycles. The summed E-state index contributed by atoms with van der Waals surface area (Å²) < 4.78 is 24.4. The van der Waals surface area contributed by atoms with Gasteiger partial charge in [-0.25, -0.2) is 13.4 Å². The van der Waals surface area contributed by atoms with Crippen LogP contribution < -0.4 is 5.32 Å². The number of sulfone groups is 1. The maximum Gasteiger partial charge on any atom is 0.222 e. The predicted molar refractivity (Wildman–Crippen MR) is 85.1 cm³/mol. The van der Waals surface area contributed by atoms with E-state index in [1.165, 1.54) is 6.08 Å². The number of rotatable bonds is 5. The fraction of sp³-hybridized carbons (Fsp3) is 0.333. The van der Waals surface area contributed by atoms with Crippen LogP contribution in [-0.4, -0.2) is 40.8 Å². The van der Waals surface area contributed by atoms with Crippen LogP contribution >= 0.6 is 0 Å². The molecule has 0 saturated carbocycles. The van der Waals surface area contributed by atoms with Gasteiger partial charge in [-0.1, -0.05) is 12.1 Å². The standard InChI is InChI=1S/C15H17N3O4S/c19-9-14-17-12-3-1-2-4-13(12)18(14)7-5-15(20)16-11-6-8-23(21,22)10-11/h1-4,6,8,11,19H,5,7,9-10H2,(H,16,20)/t11-/m1/s1. The normalized spacial score (nSPS) is 19.3. The first-order valence-electron chi connectivity index (χ1n) is 7.24. The molecule has 1 aromatic carbocycles. The molecule has 1 aliphatic heterocycles. The van der Waals surface area contributed by atoms with E-state index in [0.29, 0.717) is 12.4 Å². The molecule has 0 radical (unpaired) electrons. The lowest BCUT2D eigenvalue weighted by Crippen LogP contribution is -2.35. The number of nitrogens with one attached hydrogen (secondary N) is 1. The number of aryl methyl sites for hydroxylation is 1. The Bertz CT molecular complexity index is 870. The Morgan fingerprint density at radius 2 is 2.17 bits per heavy atom. The van der Waals surface area contributed by atoms with Gasteiger partial charge in [0.25, 0.3) is 0 Å². The monoisotopic (exact) mass is 335 g/mol. The van der Waals surface area contributed by atoms with Gasteiger partial charge in [0.15, 0.2) is 9.84 Å². The average molecular weight is 335 g/mol. The summed E-state index contributed by atoms with van der Waals surface area (Å²) in [6.07, 6.45) is 1.66. The highest BCUT2D eigenvalue weighted by Gasteiger charge is 2.23. The third-order valence-corrected chi connectivity index (χ3v) is 5.11. The number of carbonyl (C=O) groups is 1. The maximum atomic E-state index is 12.0. The summed E-state index contributed by atoms with van der Waals surface area (Å²) in [5, 5.41) is 13.2. The van der Waals surface area contributed by atoms with Crippen LogP contribution in [0.5, 0.6) is 0 Å². The van der Waals surface area contributed by atoms with Crippen LogP contribution in [0.3, 0.4) is 0 Å². The van der Waals surface area contributed by atoms with E-state index >= 15 is 0 Å². The Labute approximate surface area is 133 Å². The number of amides is 1. The van der Waals surface area contributed by atoms with Crippen molar-refractivity contribution in [3.8, 4) is 0 Å². The lowest BCUT2D eigenvalue weighted by Gasteiger charge is -2.11. The Hall–Kier alpha value is -2.19. The van der Waals surface area contributed by atoms with E-state index in [2.05, 4.69) is 10.3 Å². The van der Waals surface area contributed by atoms with E-state index in [0.717, 1.165) is 16.4 Å². The van der Waals surface area contributed by atoms with Gasteiger partial charge in [-0.2, -0.15) is 0 Å². The first-order chi connectivity index (χ1) is 11.0. The minimum Gasteiger partial charge on any atom is -0.388 e. The van der Waals surface area contributed by atoms with Crippen LogP contribution in [0.4, 0.5) is 0 Å². The summed E-state index contributed by atoms with van der Waals surface area (Å²) in [6, 6.07) is 6.99. The fourth-order valence-corrected chi connectivity index (χ4v) is 3.89. The SMILES string of the molecule is O=C(CCn1c(CO)nc2ccccc21)N[C@@H]1C=CS(=O)(=O)C1. The summed E-state index contributed by atoms with van der Waals surface area (Å²) >= 11 is 0. The summed E-state index contributed by atoms with van der Waals surface area (Å²) in [4.78, 5) is 16.3. The van der Waals surface area contributed by atoms with E-state index < -0.39 is 15.9 Å². The molecule has 0 unspecified atom stereocenters. The number of nitrogens with zero attached hydrogens (tertiary/aromatic N) is 2. The van der Waals surface area contributed by atoms with Crippen molar-refractivity contribution in [2.24, 2.45) is 0 Å². The highest BCUT2D eigenvalue weighted by Crippen LogP contribution is 2.16. The summed E-state index contributed by atoms with van der Waals surface area (Å²) in [5.74, 6) is 0.176. The van der Waals surface area contributed by atoms with Crippen LogP contribution in [0.2, 0.25) is 0 Å². The smallest absolute Gasteiger partial charge is 0.222 e. The summed E-state index contributed by atoms with van der Waals surface area (Å²) in [6.45, 7) is 0.158. The van der Waals surface area contributed by atoms with Gasteiger partial charge in [0.2, 0.25) is 5.91 Å². The van der Waals surface area contributed by atoms with Crippen molar-refractivity contribution in [2.75, 3.05) is 5.75 Å². The largest absolute Gasteiger partial charge is 0.388 e. The minimum absolute atomic E-state index is 0.0887. The second kappa shape index (κ2) is 6.13. The molecule has 1 aliphatic rings. The Kier molecular flexibility index (Phi) is 4.18. The van der Waals surface area contributed by atoms with E-state index in [9.17, 15) is 18.3 Å². The molecule has 0 fully saturated rings. The van der Waals surface area contributed by atoms with Crippen molar-refractivity contribution < 1.29 is 18.3 Å². The number of carbonyl (C=O) groups excluding carboxylic acids is 1. The molecule has 2 N–H and O–H groups in total. The highest BCUT2D eigenvalue weighted by molar-refractivity contribution is 7.94. The molecule has 0 spiro atoms. The van der Waals surface area contributed by atoms with Crippen molar-refractivity contribution in [3.63, 3.8) is 0 Å². The minimum atomic E-state index is -3.18. The van der Waals surface area contributed by atoms with Crippen LogP contribution in [-0.2, 0) is 27.8 Å². The van der Waals surface area contributed by atoms with E-state index in [-0.39, 0.29) is 24.7 Å². The molecule has 3 rings (SSSR count). The van der Waals surface area contributed by atoms with Crippen molar-refractivity contribution in [1.29, 1.82) is 0 Å². The van der Waals surface area contributed by atoms with Crippen LogP contribution in [0.15, 0.2) is 35.7 Å². The average Bonchev–Trinajstić information content (AvgIpc) is 3.04. The van der Waals surface area contributed by atoms with E-state index in [1.807, 2.05) is 24.3 Å². The molecule has 0 saturated heterocycles. The second-order valence-electron chi connectivity index (χ2n) is 5.41. The zero-order chi connectivity index (χ0) is 16.4. The second-order valence-corrected chi connectivity index (χ2v) is 7.34. The van der Waals surface area contributed by atoms with Gasteiger partial charge in [0.1, 0.15) is 12.4 Å². The molecule has 0 bridgehead atoms. The highest BCUT2D eigenvalue weighted by atomic mass is 32.2. The third-order valence-electron chi connectivity index (χ3n) is 3.71. The van der Waals surface area contributed by atoms with Crippen molar-refractivity contribution in [2.45, 2.75) is 25.6 Å². The molecule has 7 nitrogen and oxygen atoms in total. The third kappa shape index (κ3) is 3.43. The van der Waals surface area contributed by atoms with Gasteiger partial charge in [-0.15, -0.1) is 0 Å². The first kappa shape index (κ1) is 15.7. The predicted octanol–water partition coefficient (Wildman–Crippen LogP) is 0.346. The number of aromatic nitrogens is 2. The lowest BCUT2D eigenvalue weighted by molar-refractivity contribution is -0.121. The molecule has 23 heavy (non-hydrogen) atoms. The number of fused-ring (bicyclic) bond motifs is 1. The van der Waals surface area contributed by atoms with Crippen LogP contribution in [0.25, 0.3) is 11.0 Å². The van der Waals surface area contributed by atoms with Crippen molar-refractivity contribution in [3.05, 3.63) is 41.6 Å². The zero-order valence-corrected chi connectivity index (χ0v) is 13.2. The van der Waals surface area contributed by atoms with Gasteiger partial charge in [0, 0.05) is 18.4 Å². The molecular formula is C15H17N3O4S. The number of hydrogen-bond donors (Lipinski definition) is 2. The van der Waals surface area contributed by atoms with Gasteiger partial charge in [0.05, 0.1) is 22.8 Å². The fourth-order valence-electron chi connectivity index (χ4n) is 2.65. The van der Waals surface area contributed by atoms with Crippen LogP contribution in [0.1, 0.15) is 12.2 Å². The molecule has 2 aromatic rings. The van der Waals surface area contributed by atoms with Crippen molar-refractivity contribution >= 4 is 26.8 Å². The number of benzene rings is 1. The number of aliphatic hydroxyl groups excluding tert-OH is 1. The topological polar surface area (TPSA) is 101 Å². The number of para-hydroxylation sites is 2. The lowest BCUT2D eigenvalue weighted by atomic mass is 10.3. The summed E-state index contributed by atoms with van der Waals surface area (Å²) in [7, 11) is -3.18. The Morgan fingerprint density at radius 3 is 2.87 bits per heavy atom. The molecule has 8 heteroatoms.